The van der Waals surface area contributed by atoms with Crippen LogP contribution in [0.5, 0.6) is 11.6 Å². The number of rotatable bonds is 13. The molecule has 1 aromatic heterocycles. The first-order chi connectivity index (χ1) is 16.6. The Morgan fingerprint density at radius 1 is 1.21 bits per heavy atom. The van der Waals surface area contributed by atoms with Gasteiger partial charge in [-0.15, -0.1) is 6.58 Å². The maximum absolute atomic E-state index is 13.5. The molecule has 1 aliphatic carbocycles. The number of hydrogen-bond donors (Lipinski definition) is 1. The average molecular weight is 464 g/mol. The van der Waals surface area contributed by atoms with E-state index in [0.29, 0.717) is 37.1 Å². The Hall–Kier alpha value is -2.96. The zero-order valence-corrected chi connectivity index (χ0v) is 19.9. The van der Waals surface area contributed by atoms with Gasteiger partial charge in [-0.25, -0.2) is 9.07 Å². The number of hydrogen-bond acceptors (Lipinski definition) is 4. The van der Waals surface area contributed by atoms with Gasteiger partial charge in [-0.05, 0) is 74.4 Å². The molecule has 1 saturated carbocycles. The van der Waals surface area contributed by atoms with Crippen molar-refractivity contribution in [1.82, 2.24) is 14.7 Å². The molecule has 0 amide bonds. The summed E-state index contributed by atoms with van der Waals surface area (Å²) in [5.74, 6) is 1.57. The summed E-state index contributed by atoms with van der Waals surface area (Å²) >= 11 is 0. The van der Waals surface area contributed by atoms with E-state index in [1.807, 2.05) is 41.1 Å². The van der Waals surface area contributed by atoms with Crippen LogP contribution in [0.1, 0.15) is 43.9 Å². The zero-order chi connectivity index (χ0) is 23.9. The van der Waals surface area contributed by atoms with Gasteiger partial charge in [-0.3, -0.25) is 4.90 Å². The molecule has 1 aliphatic rings. The van der Waals surface area contributed by atoms with Crippen LogP contribution >= 0.6 is 0 Å². The van der Waals surface area contributed by atoms with Gasteiger partial charge in [0.1, 0.15) is 11.6 Å². The maximum Gasteiger partial charge on any atom is 0.227 e. The number of nitrogens with zero attached hydrogens (tertiary/aromatic N) is 3. The van der Waals surface area contributed by atoms with Crippen LogP contribution in [0.15, 0.2) is 67.3 Å². The van der Waals surface area contributed by atoms with Crippen molar-refractivity contribution in [2.75, 3.05) is 13.1 Å². The number of para-hydroxylation sites is 1. The van der Waals surface area contributed by atoms with Gasteiger partial charge in [-0.1, -0.05) is 31.2 Å². The highest BCUT2D eigenvalue weighted by atomic mass is 19.1. The largest absolute Gasteiger partial charge is 0.439 e. The number of halogens is 1. The Bertz CT molecular complexity index is 1060. The Kier molecular flexibility index (Phi) is 8.14. The van der Waals surface area contributed by atoms with E-state index in [-0.39, 0.29) is 5.82 Å². The summed E-state index contributed by atoms with van der Waals surface area (Å²) in [6.07, 6.45) is 6.17. The minimum Gasteiger partial charge on any atom is -0.439 e. The topological polar surface area (TPSA) is 50.5 Å². The van der Waals surface area contributed by atoms with Crippen molar-refractivity contribution >= 4 is 0 Å². The van der Waals surface area contributed by atoms with E-state index in [2.05, 4.69) is 18.4 Å². The summed E-state index contributed by atoms with van der Waals surface area (Å²) in [6, 6.07) is 16.0. The number of aliphatic hydroxyl groups excluding tert-OH is 1. The standard InChI is InChI=1S/C28H34FN3O2/c1-3-5-11-24(33)19-31(18-21-12-13-21)20-26-27(4-2)30-32(23-9-7-6-8-10-23)28(26)34-25-16-14-22(29)15-17-25/h3,6-10,14-17,21,24,33H,1,4-5,11-13,18-20H2,2H3/t24-/m0/s1. The summed E-state index contributed by atoms with van der Waals surface area (Å²) < 4.78 is 21.7. The SMILES string of the molecule is C=CCC[C@H](O)CN(Cc1c(CC)nn(-c2ccccc2)c1Oc1ccc(F)cc1)CC1CC1. The smallest absolute Gasteiger partial charge is 0.227 e. The molecule has 0 spiro atoms. The molecule has 1 N–H and O–H groups in total. The van der Waals surface area contributed by atoms with Crippen LogP contribution in [0, 0.1) is 11.7 Å². The van der Waals surface area contributed by atoms with Crippen LogP contribution < -0.4 is 4.74 Å². The Balaban J connectivity index is 1.69. The third-order valence-electron chi connectivity index (χ3n) is 6.15. The van der Waals surface area contributed by atoms with Gasteiger partial charge in [0, 0.05) is 19.6 Å². The van der Waals surface area contributed by atoms with E-state index in [9.17, 15) is 9.50 Å². The first-order valence-electron chi connectivity index (χ1n) is 12.2. The fourth-order valence-corrected chi connectivity index (χ4v) is 4.18. The molecular formula is C28H34FN3O2. The normalized spacial score (nSPS) is 14.4. The third kappa shape index (κ3) is 6.33. The van der Waals surface area contributed by atoms with Crippen LogP contribution in [0.2, 0.25) is 0 Å². The van der Waals surface area contributed by atoms with Gasteiger partial charge < -0.3 is 9.84 Å². The lowest BCUT2D eigenvalue weighted by molar-refractivity contribution is 0.0990. The molecule has 0 radical (unpaired) electrons. The van der Waals surface area contributed by atoms with Crippen molar-refractivity contribution in [2.24, 2.45) is 5.92 Å². The van der Waals surface area contributed by atoms with Crippen LogP contribution in [0.25, 0.3) is 5.69 Å². The van der Waals surface area contributed by atoms with Gasteiger partial charge in [0.2, 0.25) is 5.88 Å². The van der Waals surface area contributed by atoms with Gasteiger partial charge in [0.15, 0.2) is 0 Å². The molecule has 0 aliphatic heterocycles. The fraction of sp³-hybridized carbons (Fsp3) is 0.393. The number of allylic oxidation sites excluding steroid dienone is 1. The lowest BCUT2D eigenvalue weighted by Crippen LogP contribution is -2.34. The lowest BCUT2D eigenvalue weighted by atomic mass is 10.1. The summed E-state index contributed by atoms with van der Waals surface area (Å²) in [5, 5.41) is 15.5. The number of ether oxygens (including phenoxy) is 1. The predicted molar refractivity (Wildman–Crippen MR) is 133 cm³/mol. The van der Waals surface area contributed by atoms with Gasteiger partial charge in [0.25, 0.3) is 0 Å². The van der Waals surface area contributed by atoms with Crippen LogP contribution in [-0.4, -0.2) is 39.0 Å². The minimum absolute atomic E-state index is 0.303. The molecule has 0 unspecified atom stereocenters. The Labute approximate surface area is 201 Å². The van der Waals surface area contributed by atoms with Gasteiger partial charge in [0.05, 0.1) is 23.0 Å². The van der Waals surface area contributed by atoms with E-state index in [1.165, 1.54) is 25.0 Å². The molecule has 1 heterocycles. The summed E-state index contributed by atoms with van der Waals surface area (Å²) in [6.45, 7) is 8.04. The molecule has 1 fully saturated rings. The van der Waals surface area contributed by atoms with E-state index >= 15 is 0 Å². The Morgan fingerprint density at radius 3 is 2.59 bits per heavy atom. The molecule has 0 bridgehead atoms. The first-order valence-corrected chi connectivity index (χ1v) is 12.2. The molecule has 4 rings (SSSR count). The summed E-state index contributed by atoms with van der Waals surface area (Å²) in [4.78, 5) is 2.33. The number of aliphatic hydroxyl groups is 1. The van der Waals surface area contributed by atoms with Crippen molar-refractivity contribution in [3.05, 3.63) is 84.3 Å². The summed E-state index contributed by atoms with van der Waals surface area (Å²) in [5.41, 5.74) is 2.87. The van der Waals surface area contributed by atoms with Crippen LogP contribution in [0.4, 0.5) is 4.39 Å². The second-order valence-electron chi connectivity index (χ2n) is 9.04. The highest BCUT2D eigenvalue weighted by Crippen LogP contribution is 2.34. The molecule has 3 aromatic rings. The van der Waals surface area contributed by atoms with Gasteiger partial charge >= 0.3 is 0 Å². The molecule has 1 atom stereocenters. The molecule has 6 heteroatoms. The number of aromatic nitrogens is 2. The second-order valence-corrected chi connectivity index (χ2v) is 9.04. The highest BCUT2D eigenvalue weighted by molar-refractivity contribution is 5.43. The Morgan fingerprint density at radius 2 is 1.94 bits per heavy atom. The van der Waals surface area contributed by atoms with Gasteiger partial charge in [-0.2, -0.15) is 5.10 Å². The van der Waals surface area contributed by atoms with Crippen molar-refractivity contribution in [3.8, 4) is 17.3 Å². The predicted octanol–water partition coefficient (Wildman–Crippen LogP) is 5.91. The number of benzene rings is 2. The molecule has 5 nitrogen and oxygen atoms in total. The number of aryl methyl sites for hydroxylation is 1. The van der Waals surface area contributed by atoms with Crippen molar-refractivity contribution in [3.63, 3.8) is 0 Å². The third-order valence-corrected chi connectivity index (χ3v) is 6.15. The highest BCUT2D eigenvalue weighted by Gasteiger charge is 2.28. The van der Waals surface area contributed by atoms with E-state index in [1.54, 1.807) is 12.1 Å². The molecule has 2 aromatic carbocycles. The fourth-order valence-electron chi connectivity index (χ4n) is 4.18. The summed E-state index contributed by atoms with van der Waals surface area (Å²) in [7, 11) is 0. The lowest BCUT2D eigenvalue weighted by Gasteiger charge is -2.25. The molecular weight excluding hydrogens is 429 g/mol. The first kappa shape index (κ1) is 24.2. The van der Waals surface area contributed by atoms with Crippen molar-refractivity contribution in [1.29, 1.82) is 0 Å². The minimum atomic E-state index is -0.410. The molecule has 34 heavy (non-hydrogen) atoms. The van der Waals surface area contributed by atoms with E-state index in [0.717, 1.165) is 36.3 Å². The van der Waals surface area contributed by atoms with E-state index < -0.39 is 6.10 Å². The van der Waals surface area contributed by atoms with Crippen molar-refractivity contribution < 1.29 is 14.2 Å². The maximum atomic E-state index is 13.5. The van der Waals surface area contributed by atoms with Crippen LogP contribution in [-0.2, 0) is 13.0 Å². The monoisotopic (exact) mass is 463 g/mol. The van der Waals surface area contributed by atoms with Crippen LogP contribution in [0.3, 0.4) is 0 Å². The van der Waals surface area contributed by atoms with Crippen molar-refractivity contribution in [2.45, 2.75) is 51.7 Å². The quantitative estimate of drug-likeness (QED) is 0.321. The zero-order valence-electron chi connectivity index (χ0n) is 19.9. The molecule has 0 saturated heterocycles. The molecule has 180 valence electrons. The van der Waals surface area contributed by atoms with E-state index in [4.69, 9.17) is 9.84 Å². The average Bonchev–Trinajstić information content (AvgIpc) is 3.60. The second kappa shape index (κ2) is 11.4.